The van der Waals surface area contributed by atoms with Crippen LogP contribution in [0.1, 0.15) is 11.1 Å². The second-order valence-corrected chi connectivity index (χ2v) is 6.87. The highest BCUT2D eigenvalue weighted by Crippen LogP contribution is 2.38. The lowest BCUT2D eigenvalue weighted by Gasteiger charge is -2.21. The number of anilines is 2. The van der Waals surface area contributed by atoms with E-state index >= 15 is 0 Å². The van der Waals surface area contributed by atoms with Gasteiger partial charge >= 0.3 is 0 Å². The van der Waals surface area contributed by atoms with Crippen LogP contribution in [0.4, 0.5) is 11.5 Å². The van der Waals surface area contributed by atoms with Crippen LogP contribution in [0, 0.1) is 3.70 Å². The van der Waals surface area contributed by atoms with E-state index in [1.165, 1.54) is 11.1 Å². The van der Waals surface area contributed by atoms with Crippen LogP contribution in [-0.4, -0.2) is 16.6 Å². The van der Waals surface area contributed by atoms with Crippen LogP contribution >= 0.6 is 22.6 Å². The van der Waals surface area contributed by atoms with Crippen molar-refractivity contribution in [1.82, 2.24) is 9.97 Å². The molecule has 1 aliphatic rings. The Morgan fingerprint density at radius 2 is 1.38 bits per heavy atom. The minimum atomic E-state index is 0.827. The van der Waals surface area contributed by atoms with Gasteiger partial charge in [-0.2, -0.15) is 0 Å². The molecule has 3 aromatic rings. The van der Waals surface area contributed by atoms with E-state index in [1.807, 2.05) is 6.07 Å². The fourth-order valence-electron chi connectivity index (χ4n) is 3.06. The summed E-state index contributed by atoms with van der Waals surface area (Å²) < 4.78 is 1.00. The monoisotopic (exact) mass is 428 g/mol. The van der Waals surface area contributed by atoms with Crippen molar-refractivity contribution >= 4 is 34.1 Å². The number of fused-ring (bicyclic) bond motifs is 1. The van der Waals surface area contributed by atoms with E-state index in [9.17, 15) is 0 Å². The third-order valence-corrected chi connectivity index (χ3v) is 4.94. The minimum Gasteiger partial charge on any atom is -0.344 e. The van der Waals surface area contributed by atoms with Crippen LogP contribution in [0.2, 0.25) is 0 Å². The number of nitrogens with zero attached hydrogens (tertiary/aromatic N) is 4. The molecule has 0 saturated carbocycles. The maximum absolute atomic E-state index is 4.56. The van der Waals surface area contributed by atoms with Crippen LogP contribution in [0.5, 0.6) is 0 Å². The van der Waals surface area contributed by atoms with E-state index in [-0.39, 0.29) is 0 Å². The standard InChI is InChI=1S/C19H17IN4/c20-18-17-19(22-13-21-18)24(12-16-9-5-2-6-10-16)14-23(17)11-15-7-3-1-4-8-15/h1-10,13H,11-12,14H2. The largest absolute Gasteiger partial charge is 0.344 e. The summed E-state index contributed by atoms with van der Waals surface area (Å²) in [6.07, 6.45) is 1.66. The Labute approximate surface area is 155 Å². The molecule has 1 aliphatic heterocycles. The van der Waals surface area contributed by atoms with E-state index in [2.05, 4.69) is 97.0 Å². The summed E-state index contributed by atoms with van der Waals surface area (Å²) >= 11 is 2.31. The van der Waals surface area contributed by atoms with Gasteiger partial charge in [0.05, 0.1) is 6.67 Å². The molecule has 0 N–H and O–H groups in total. The maximum Gasteiger partial charge on any atom is 0.158 e. The average Bonchev–Trinajstić information content (AvgIpc) is 2.95. The molecule has 0 unspecified atom stereocenters. The van der Waals surface area contributed by atoms with Crippen LogP contribution in [0.15, 0.2) is 67.0 Å². The third kappa shape index (κ3) is 3.08. The highest BCUT2D eigenvalue weighted by atomic mass is 127. The van der Waals surface area contributed by atoms with Gasteiger partial charge in [0.2, 0.25) is 0 Å². The molecular weight excluding hydrogens is 411 g/mol. The van der Waals surface area contributed by atoms with E-state index in [4.69, 9.17) is 0 Å². The van der Waals surface area contributed by atoms with Crippen molar-refractivity contribution < 1.29 is 0 Å². The van der Waals surface area contributed by atoms with Gasteiger partial charge in [0.1, 0.15) is 15.7 Å². The predicted molar refractivity (Wildman–Crippen MR) is 105 cm³/mol. The Morgan fingerprint density at radius 1 is 0.792 bits per heavy atom. The lowest BCUT2D eigenvalue weighted by Crippen LogP contribution is -2.30. The molecule has 0 aliphatic carbocycles. The summed E-state index contributed by atoms with van der Waals surface area (Å²) in [7, 11) is 0. The highest BCUT2D eigenvalue weighted by molar-refractivity contribution is 14.1. The zero-order valence-corrected chi connectivity index (χ0v) is 15.3. The van der Waals surface area contributed by atoms with E-state index in [0.717, 1.165) is 35.0 Å². The van der Waals surface area contributed by atoms with Gasteiger partial charge in [0, 0.05) is 13.1 Å². The zero-order chi connectivity index (χ0) is 16.4. The van der Waals surface area contributed by atoms with E-state index < -0.39 is 0 Å². The molecule has 0 radical (unpaired) electrons. The topological polar surface area (TPSA) is 32.3 Å². The van der Waals surface area contributed by atoms with Crippen molar-refractivity contribution in [3.63, 3.8) is 0 Å². The smallest absolute Gasteiger partial charge is 0.158 e. The van der Waals surface area contributed by atoms with Crippen LogP contribution in [0.25, 0.3) is 0 Å². The van der Waals surface area contributed by atoms with Crippen LogP contribution in [-0.2, 0) is 13.1 Å². The van der Waals surface area contributed by atoms with Crippen molar-refractivity contribution in [2.24, 2.45) is 0 Å². The molecule has 4 nitrogen and oxygen atoms in total. The van der Waals surface area contributed by atoms with Crippen LogP contribution < -0.4 is 9.80 Å². The SMILES string of the molecule is Ic1ncnc2c1N(Cc1ccccc1)CN2Cc1ccccc1. The van der Waals surface area contributed by atoms with E-state index in [1.54, 1.807) is 6.33 Å². The predicted octanol–water partition coefficient (Wildman–Crippen LogP) is 4.07. The van der Waals surface area contributed by atoms with Gasteiger partial charge in [-0.25, -0.2) is 9.97 Å². The fourth-order valence-corrected chi connectivity index (χ4v) is 3.76. The maximum atomic E-state index is 4.56. The molecule has 0 atom stereocenters. The molecule has 0 saturated heterocycles. The number of hydrogen-bond acceptors (Lipinski definition) is 4. The third-order valence-electron chi connectivity index (χ3n) is 4.15. The first-order valence-corrected chi connectivity index (χ1v) is 8.97. The molecular formula is C19H17IN4. The fraction of sp³-hybridized carbons (Fsp3) is 0.158. The van der Waals surface area contributed by atoms with Gasteiger partial charge < -0.3 is 9.80 Å². The quantitative estimate of drug-likeness (QED) is 0.464. The van der Waals surface area contributed by atoms with Crippen molar-refractivity contribution in [3.05, 3.63) is 81.8 Å². The molecule has 24 heavy (non-hydrogen) atoms. The second kappa shape index (κ2) is 6.76. The first kappa shape index (κ1) is 15.4. The van der Waals surface area contributed by atoms with Crippen LogP contribution in [0.3, 0.4) is 0 Å². The minimum absolute atomic E-state index is 0.827. The van der Waals surface area contributed by atoms with Crippen molar-refractivity contribution in [2.45, 2.75) is 13.1 Å². The number of halogens is 1. The van der Waals surface area contributed by atoms with Gasteiger partial charge in [-0.1, -0.05) is 60.7 Å². The summed E-state index contributed by atoms with van der Waals surface area (Å²) in [5.41, 5.74) is 3.72. The molecule has 4 rings (SSSR count). The molecule has 0 bridgehead atoms. The Balaban J connectivity index is 1.64. The van der Waals surface area contributed by atoms with Crippen molar-refractivity contribution in [3.8, 4) is 0 Å². The first-order chi connectivity index (χ1) is 11.8. The molecule has 0 spiro atoms. The van der Waals surface area contributed by atoms with Crippen molar-refractivity contribution in [2.75, 3.05) is 16.5 Å². The first-order valence-electron chi connectivity index (χ1n) is 7.89. The summed E-state index contributed by atoms with van der Waals surface area (Å²) in [5, 5.41) is 0. The summed E-state index contributed by atoms with van der Waals surface area (Å²) in [5.74, 6) is 1.02. The lowest BCUT2D eigenvalue weighted by molar-refractivity contribution is 0.758. The zero-order valence-electron chi connectivity index (χ0n) is 13.1. The Morgan fingerprint density at radius 3 is 2.00 bits per heavy atom. The summed E-state index contributed by atoms with van der Waals surface area (Å²) in [6, 6.07) is 21.1. The van der Waals surface area contributed by atoms with Gasteiger partial charge in [-0.05, 0) is 33.7 Å². The second-order valence-electron chi connectivity index (χ2n) is 5.85. The molecule has 1 aromatic heterocycles. The van der Waals surface area contributed by atoms with Gasteiger partial charge in [0.25, 0.3) is 0 Å². The molecule has 0 amide bonds. The molecule has 5 heteroatoms. The summed E-state index contributed by atoms with van der Waals surface area (Å²) in [4.78, 5) is 13.6. The molecule has 2 aromatic carbocycles. The molecule has 0 fully saturated rings. The molecule has 2 heterocycles. The van der Waals surface area contributed by atoms with E-state index in [0.29, 0.717) is 0 Å². The number of rotatable bonds is 4. The average molecular weight is 428 g/mol. The van der Waals surface area contributed by atoms with Gasteiger partial charge in [-0.3, -0.25) is 0 Å². The lowest BCUT2D eigenvalue weighted by atomic mass is 10.2. The molecule has 120 valence electrons. The number of hydrogen-bond donors (Lipinski definition) is 0. The number of aromatic nitrogens is 2. The Kier molecular flexibility index (Phi) is 4.34. The number of benzene rings is 2. The highest BCUT2D eigenvalue weighted by Gasteiger charge is 2.29. The Bertz CT molecular complexity index is 823. The van der Waals surface area contributed by atoms with Gasteiger partial charge in [0.15, 0.2) is 5.82 Å². The summed E-state index contributed by atoms with van der Waals surface area (Å²) in [6.45, 7) is 2.54. The normalized spacial score (nSPS) is 13.2. The Hall–Kier alpha value is -2.15. The van der Waals surface area contributed by atoms with Gasteiger partial charge in [-0.15, -0.1) is 0 Å². The van der Waals surface area contributed by atoms with Crippen molar-refractivity contribution in [1.29, 1.82) is 0 Å².